The molecule has 12 nitrogen and oxygen atoms in total. The smallest absolute Gasteiger partial charge is 0.327 e. The molecule has 3 N–H and O–H groups in total. The first-order chi connectivity index (χ1) is 29.9. The van der Waals surface area contributed by atoms with Crippen LogP contribution in [0, 0.1) is 22.7 Å². The van der Waals surface area contributed by atoms with Crippen LogP contribution in [0.5, 0.6) is 0 Å². The van der Waals surface area contributed by atoms with Crippen LogP contribution >= 0.6 is 0 Å². The molecule has 62 heavy (non-hydrogen) atoms. The molecule has 4 aliphatic heterocycles. The Morgan fingerprint density at radius 2 is 1.68 bits per heavy atom. The Morgan fingerprint density at radius 1 is 0.903 bits per heavy atom. The fraction of sp³-hybridized carbons (Fsp3) is 0.540. The number of epoxide rings is 1. The normalized spacial score (nSPS) is 36.2. The number of carbonyl (C=O) groups is 3. The number of hydroxylamine groups is 2. The molecular weight excluding hydrogens is 787 g/mol. The number of fused-ring (bicyclic) bond motifs is 7. The zero-order valence-electron chi connectivity index (χ0n) is 35.8. The van der Waals surface area contributed by atoms with Gasteiger partial charge in [-0.3, -0.25) is 19.2 Å². The van der Waals surface area contributed by atoms with Crippen molar-refractivity contribution >= 4 is 23.9 Å². The first-order valence-electron chi connectivity index (χ1n) is 22.7. The highest BCUT2D eigenvalue weighted by molar-refractivity contribution is 5.95. The summed E-state index contributed by atoms with van der Waals surface area (Å²) in [5.41, 5.74) is 5.89. The second kappa shape index (κ2) is 14.8. The van der Waals surface area contributed by atoms with Gasteiger partial charge in [0.2, 0.25) is 5.91 Å². The zero-order valence-corrected chi connectivity index (χ0v) is 35.8. The molecule has 4 aliphatic carbocycles. The van der Waals surface area contributed by atoms with E-state index < -0.39 is 47.6 Å². The van der Waals surface area contributed by atoms with Crippen LogP contribution in [0.4, 0.5) is 0 Å². The van der Waals surface area contributed by atoms with Crippen molar-refractivity contribution in [1.29, 1.82) is 0 Å². The molecule has 8 aliphatic rings. The van der Waals surface area contributed by atoms with Crippen molar-refractivity contribution in [3.63, 3.8) is 0 Å². The first kappa shape index (κ1) is 40.4. The maximum atomic E-state index is 15.1. The monoisotopic (exact) mass is 843 g/mol. The molecule has 326 valence electrons. The number of ether oxygens (including phenoxy) is 4. The lowest BCUT2D eigenvalue weighted by atomic mass is 9.52. The standard InChI is InChI=1S/C50H57N3O9/c1-47(2)25-36-31(15-16-39-48(3,59-39)18-17-37(36)47)22-30-10-4-7-13-35(30)28-53-42-45(56)58-38-26-50(42,46(57)52-27-29-9-8-14-32(21-29)44(55)51-19-20-54)43(62-53)41-40(38)60-49(61-41)23-33-11-5-6-12-34(33)24-49/h4-14,21-22,36-43,54H,15-20,23-28H2,1-3H3,(H,51,55)(H,52,57)/t36-,37-,38-,39?,40+,41+,42+,43-,48-,50+/m1/s1. The summed E-state index contributed by atoms with van der Waals surface area (Å²) in [5.74, 6) is -1.02. The van der Waals surface area contributed by atoms with Crippen molar-refractivity contribution in [3.8, 4) is 0 Å². The van der Waals surface area contributed by atoms with Gasteiger partial charge in [-0.25, -0.2) is 0 Å². The van der Waals surface area contributed by atoms with Gasteiger partial charge in [0.15, 0.2) is 11.8 Å². The summed E-state index contributed by atoms with van der Waals surface area (Å²) in [5, 5.41) is 16.7. The second-order valence-electron chi connectivity index (χ2n) is 20.1. The molecule has 0 radical (unpaired) electrons. The zero-order chi connectivity index (χ0) is 42.6. The molecule has 11 rings (SSSR count). The summed E-state index contributed by atoms with van der Waals surface area (Å²) in [6.07, 6.45) is 6.55. The van der Waals surface area contributed by atoms with E-state index in [4.69, 9.17) is 23.8 Å². The summed E-state index contributed by atoms with van der Waals surface area (Å²) in [6.45, 7) is 7.42. The number of allylic oxidation sites excluding steroid dienone is 1. The molecule has 2 amide bonds. The maximum absolute atomic E-state index is 15.1. The lowest BCUT2D eigenvalue weighted by Crippen LogP contribution is -2.69. The van der Waals surface area contributed by atoms with E-state index in [2.05, 4.69) is 67.8 Å². The number of aliphatic hydroxyl groups excluding tert-OH is 1. The number of esters is 1. The van der Waals surface area contributed by atoms with Gasteiger partial charge in [-0.1, -0.05) is 86.2 Å². The number of nitrogens with one attached hydrogen (secondary N) is 2. The van der Waals surface area contributed by atoms with Crippen molar-refractivity contribution < 1.29 is 43.3 Å². The molecule has 2 bridgehead atoms. The van der Waals surface area contributed by atoms with Crippen LogP contribution in [-0.4, -0.2) is 89.1 Å². The van der Waals surface area contributed by atoms with Crippen LogP contribution < -0.4 is 10.6 Å². The predicted molar refractivity (Wildman–Crippen MR) is 227 cm³/mol. The quantitative estimate of drug-likeness (QED) is 0.184. The first-order valence-corrected chi connectivity index (χ1v) is 22.7. The SMILES string of the molecule is CC1(C)C[C@@H]2C(=Cc3ccccc3CN3O[C@@H]4[C@H]5OC6(Cc7ccccc7C6)O[C@H]5[C@H]5C[C@]4(C(=O)NCc4cccc(C(=O)NCCO)c4)[C@@H]3C(=O)O5)CCC3O[C@]3(C)CC[C@H]21. The number of hydrogen-bond acceptors (Lipinski definition) is 10. The van der Waals surface area contributed by atoms with Gasteiger partial charge >= 0.3 is 5.97 Å². The summed E-state index contributed by atoms with van der Waals surface area (Å²) in [7, 11) is 0. The Balaban J connectivity index is 0.915. The van der Waals surface area contributed by atoms with E-state index in [9.17, 15) is 14.7 Å². The van der Waals surface area contributed by atoms with Gasteiger partial charge in [-0.05, 0) is 96.2 Å². The van der Waals surface area contributed by atoms with Gasteiger partial charge in [-0.15, -0.1) is 0 Å². The highest BCUT2D eigenvalue weighted by Crippen LogP contribution is 2.61. The van der Waals surface area contributed by atoms with E-state index in [1.807, 2.05) is 24.3 Å². The van der Waals surface area contributed by atoms with Gasteiger partial charge in [0.05, 0.1) is 24.9 Å². The fourth-order valence-electron chi connectivity index (χ4n) is 12.6. The third-order valence-corrected chi connectivity index (χ3v) is 15.9. The summed E-state index contributed by atoms with van der Waals surface area (Å²) < 4.78 is 26.4. The van der Waals surface area contributed by atoms with Crippen molar-refractivity contribution in [2.24, 2.45) is 22.7 Å². The highest BCUT2D eigenvalue weighted by atomic mass is 16.8. The molecule has 0 aromatic heterocycles. The fourth-order valence-corrected chi connectivity index (χ4v) is 12.6. The molecule has 10 atom stereocenters. The highest BCUT2D eigenvalue weighted by Gasteiger charge is 2.76. The summed E-state index contributed by atoms with van der Waals surface area (Å²) in [4.78, 5) is 49.4. The van der Waals surface area contributed by atoms with E-state index in [0.29, 0.717) is 41.9 Å². The number of benzene rings is 3. The van der Waals surface area contributed by atoms with Gasteiger partial charge < -0.3 is 34.7 Å². The van der Waals surface area contributed by atoms with Crippen molar-refractivity contribution in [1.82, 2.24) is 15.7 Å². The summed E-state index contributed by atoms with van der Waals surface area (Å²) >= 11 is 0. The van der Waals surface area contributed by atoms with E-state index in [1.54, 1.807) is 23.3 Å². The van der Waals surface area contributed by atoms with Crippen LogP contribution in [0.2, 0.25) is 0 Å². The minimum absolute atomic E-state index is 0.00103. The number of nitrogens with zero attached hydrogens (tertiary/aromatic N) is 1. The predicted octanol–water partition coefficient (Wildman–Crippen LogP) is 5.58. The lowest BCUT2D eigenvalue weighted by molar-refractivity contribution is -0.217. The topological polar surface area (TPSA) is 148 Å². The maximum Gasteiger partial charge on any atom is 0.327 e. The van der Waals surface area contributed by atoms with Crippen LogP contribution in [-0.2, 0) is 59.3 Å². The van der Waals surface area contributed by atoms with Gasteiger partial charge in [0.25, 0.3) is 5.91 Å². The Kier molecular flexibility index (Phi) is 9.65. The Hall–Kier alpha value is -4.43. The molecule has 4 saturated heterocycles. The molecule has 1 unspecified atom stereocenters. The van der Waals surface area contributed by atoms with Gasteiger partial charge in [-0.2, -0.15) is 5.06 Å². The van der Waals surface area contributed by atoms with E-state index in [1.165, 1.54) is 5.57 Å². The molecule has 3 saturated carbocycles. The number of hydrogen-bond donors (Lipinski definition) is 3. The molecule has 3 aromatic rings. The number of aliphatic hydroxyl groups is 1. The third kappa shape index (κ3) is 6.58. The Labute approximate surface area is 362 Å². The van der Waals surface area contributed by atoms with Gasteiger partial charge in [0.1, 0.15) is 29.8 Å². The van der Waals surface area contributed by atoms with Gasteiger partial charge in [0, 0.05) is 37.9 Å². The molecule has 1 spiro atoms. The van der Waals surface area contributed by atoms with Crippen LogP contribution in [0.1, 0.15) is 97.5 Å². The second-order valence-corrected chi connectivity index (χ2v) is 20.1. The van der Waals surface area contributed by atoms with Crippen LogP contribution in [0.3, 0.4) is 0 Å². The van der Waals surface area contributed by atoms with Crippen molar-refractivity contribution in [2.45, 2.75) is 133 Å². The number of rotatable bonds is 9. The summed E-state index contributed by atoms with van der Waals surface area (Å²) in [6, 6.07) is 22.5. The minimum atomic E-state index is -1.36. The third-order valence-electron chi connectivity index (χ3n) is 15.9. The van der Waals surface area contributed by atoms with E-state index in [0.717, 1.165) is 54.4 Å². The minimum Gasteiger partial charge on any atom is -0.458 e. The Bertz CT molecular complexity index is 2320. The molecule has 4 heterocycles. The van der Waals surface area contributed by atoms with Crippen molar-refractivity contribution in [3.05, 3.63) is 112 Å². The largest absolute Gasteiger partial charge is 0.458 e. The molecule has 3 aromatic carbocycles. The van der Waals surface area contributed by atoms with E-state index >= 15 is 4.79 Å². The number of carbonyl (C=O) groups excluding carboxylic acids is 3. The molecular formula is C50H57N3O9. The molecule has 12 heteroatoms. The lowest BCUT2D eigenvalue weighted by Gasteiger charge is -2.53. The average molecular weight is 844 g/mol. The van der Waals surface area contributed by atoms with E-state index in [-0.39, 0.29) is 55.5 Å². The average Bonchev–Trinajstić information content (AvgIpc) is 3.53. The number of amides is 2. The van der Waals surface area contributed by atoms with Crippen molar-refractivity contribution in [2.75, 3.05) is 13.2 Å². The van der Waals surface area contributed by atoms with Crippen LogP contribution in [0.15, 0.2) is 78.4 Å². The Morgan fingerprint density at radius 3 is 2.47 bits per heavy atom. The molecule has 7 fully saturated rings. The van der Waals surface area contributed by atoms with Crippen LogP contribution in [0.25, 0.3) is 6.08 Å².